The normalized spacial score (nSPS) is 15.2. The first kappa shape index (κ1) is 25.7. The highest BCUT2D eigenvalue weighted by Crippen LogP contribution is 2.28. The Hall–Kier alpha value is -3.35. The topological polar surface area (TPSA) is 78.9 Å². The highest BCUT2D eigenvalue weighted by molar-refractivity contribution is 6.30. The fourth-order valence-electron chi connectivity index (χ4n) is 4.73. The number of hydrogen-bond acceptors (Lipinski definition) is 4. The number of amides is 1. The first-order valence-corrected chi connectivity index (χ1v) is 12.6. The molecule has 0 radical (unpaired) electrons. The molecule has 1 aliphatic heterocycles. The van der Waals surface area contributed by atoms with Gasteiger partial charge >= 0.3 is 12.1 Å². The van der Waals surface area contributed by atoms with E-state index >= 15 is 0 Å². The van der Waals surface area contributed by atoms with Crippen LogP contribution < -0.4 is 5.32 Å². The molecule has 1 fully saturated rings. The maximum absolute atomic E-state index is 12.3. The molecule has 7 heteroatoms. The van der Waals surface area contributed by atoms with Crippen LogP contribution in [0.1, 0.15) is 24.0 Å². The number of carbonyl (C=O) groups excluding carboxylic acids is 1. The fourth-order valence-corrected chi connectivity index (χ4v) is 4.92. The third kappa shape index (κ3) is 7.09. The van der Waals surface area contributed by atoms with Gasteiger partial charge in [-0.3, -0.25) is 0 Å². The molecule has 1 atom stereocenters. The number of hydrogen-bond donors (Lipinski definition) is 2. The molecule has 1 heterocycles. The van der Waals surface area contributed by atoms with Gasteiger partial charge in [-0.1, -0.05) is 78.3 Å². The quantitative estimate of drug-likeness (QED) is 0.392. The molecule has 1 aliphatic rings. The van der Waals surface area contributed by atoms with E-state index in [1.54, 1.807) is 0 Å². The summed E-state index contributed by atoms with van der Waals surface area (Å²) in [5.74, 6) is -1.18. The van der Waals surface area contributed by atoms with Crippen LogP contribution in [-0.4, -0.2) is 47.7 Å². The largest absolute Gasteiger partial charge is 0.480 e. The molecule has 6 nitrogen and oxygen atoms in total. The van der Waals surface area contributed by atoms with Gasteiger partial charge < -0.3 is 20.1 Å². The summed E-state index contributed by atoms with van der Waals surface area (Å²) in [5.41, 5.74) is 4.39. The van der Waals surface area contributed by atoms with Gasteiger partial charge in [-0.2, -0.15) is 0 Å². The molecule has 0 spiro atoms. The van der Waals surface area contributed by atoms with Gasteiger partial charge in [0.1, 0.15) is 12.6 Å². The third-order valence-electron chi connectivity index (χ3n) is 6.71. The number of carbonyl (C=O) groups is 2. The summed E-state index contributed by atoms with van der Waals surface area (Å²) in [7, 11) is 0. The number of rotatable bonds is 9. The van der Waals surface area contributed by atoms with E-state index in [1.165, 1.54) is 11.1 Å². The molecule has 0 aliphatic carbocycles. The van der Waals surface area contributed by atoms with Crippen molar-refractivity contribution < 1.29 is 19.4 Å². The first-order valence-electron chi connectivity index (χ1n) is 12.3. The van der Waals surface area contributed by atoms with Crippen molar-refractivity contribution in [2.24, 2.45) is 5.92 Å². The zero-order valence-corrected chi connectivity index (χ0v) is 20.9. The second-order valence-electron chi connectivity index (χ2n) is 9.12. The van der Waals surface area contributed by atoms with Crippen LogP contribution in [0.5, 0.6) is 0 Å². The van der Waals surface area contributed by atoms with E-state index in [0.29, 0.717) is 12.8 Å². The maximum Gasteiger partial charge on any atom is 0.408 e. The summed E-state index contributed by atoms with van der Waals surface area (Å²) in [6.45, 7) is 2.51. The number of carboxylic acids is 1. The SMILES string of the molecule is O=C(N[C@@H](C(=O)O)C1CCN(CCc2cc(Cl)ccc2-c2ccccc2)CC1)OCc1ccccc1. The van der Waals surface area contributed by atoms with Crippen LogP contribution in [0.2, 0.25) is 5.02 Å². The smallest absolute Gasteiger partial charge is 0.408 e. The number of piperidine rings is 1. The van der Waals surface area contributed by atoms with Crippen LogP contribution in [0.4, 0.5) is 4.79 Å². The van der Waals surface area contributed by atoms with Crippen LogP contribution in [-0.2, 0) is 22.6 Å². The van der Waals surface area contributed by atoms with E-state index in [0.717, 1.165) is 42.2 Å². The standard InChI is InChI=1S/C29H31ClN2O4/c30-25-11-12-26(22-9-5-2-6-10-22)24(19-25)15-18-32-16-13-23(14-17-32)27(28(33)34)31-29(35)36-20-21-7-3-1-4-8-21/h1-12,19,23,27H,13-18,20H2,(H,31,35)(H,33,34)/t27-/m1/s1. The molecule has 1 saturated heterocycles. The Balaban J connectivity index is 1.29. The Labute approximate surface area is 216 Å². The van der Waals surface area contributed by atoms with Crippen molar-refractivity contribution in [3.05, 3.63) is 95.0 Å². The summed E-state index contributed by atoms with van der Waals surface area (Å²) in [4.78, 5) is 26.5. The van der Waals surface area contributed by atoms with E-state index < -0.39 is 18.1 Å². The third-order valence-corrected chi connectivity index (χ3v) is 6.94. The van der Waals surface area contributed by atoms with Gasteiger partial charge in [-0.15, -0.1) is 0 Å². The maximum atomic E-state index is 12.3. The predicted octanol–water partition coefficient (Wildman–Crippen LogP) is 5.64. The molecule has 0 aromatic heterocycles. The number of halogens is 1. The van der Waals surface area contributed by atoms with Crippen LogP contribution >= 0.6 is 11.6 Å². The highest BCUT2D eigenvalue weighted by Gasteiger charge is 2.33. The van der Waals surface area contributed by atoms with Crippen molar-refractivity contribution in [2.75, 3.05) is 19.6 Å². The van der Waals surface area contributed by atoms with Gasteiger partial charge in [-0.05, 0) is 72.7 Å². The van der Waals surface area contributed by atoms with E-state index in [1.807, 2.05) is 60.7 Å². The average molecular weight is 507 g/mol. The van der Waals surface area contributed by atoms with Crippen molar-refractivity contribution in [2.45, 2.75) is 31.9 Å². The molecule has 1 amide bonds. The second-order valence-corrected chi connectivity index (χ2v) is 9.55. The van der Waals surface area contributed by atoms with E-state index in [4.69, 9.17) is 16.3 Å². The molecule has 0 saturated carbocycles. The van der Waals surface area contributed by atoms with Crippen molar-refractivity contribution in [1.29, 1.82) is 0 Å². The molecule has 3 aromatic carbocycles. The minimum atomic E-state index is -1.03. The lowest BCUT2D eigenvalue weighted by Gasteiger charge is -2.34. The minimum absolute atomic E-state index is 0.103. The molecule has 2 N–H and O–H groups in total. The lowest BCUT2D eigenvalue weighted by Crippen LogP contribution is -2.49. The number of nitrogens with one attached hydrogen (secondary N) is 1. The Morgan fingerprint density at radius 2 is 1.67 bits per heavy atom. The summed E-state index contributed by atoms with van der Waals surface area (Å²) < 4.78 is 5.23. The lowest BCUT2D eigenvalue weighted by molar-refractivity contribution is -0.141. The predicted molar refractivity (Wildman–Crippen MR) is 141 cm³/mol. The highest BCUT2D eigenvalue weighted by atomic mass is 35.5. The van der Waals surface area contributed by atoms with Crippen molar-refractivity contribution in [3.63, 3.8) is 0 Å². The van der Waals surface area contributed by atoms with Crippen molar-refractivity contribution in [3.8, 4) is 11.1 Å². The van der Waals surface area contributed by atoms with Gasteiger partial charge in [0.15, 0.2) is 0 Å². The van der Waals surface area contributed by atoms with Crippen LogP contribution in [0, 0.1) is 5.92 Å². The fraction of sp³-hybridized carbons (Fsp3) is 0.310. The first-order chi connectivity index (χ1) is 17.5. The number of alkyl carbamates (subject to hydrolysis) is 1. The zero-order chi connectivity index (χ0) is 25.3. The Kier molecular flexibility index (Phi) is 8.98. The summed E-state index contributed by atoms with van der Waals surface area (Å²) in [6.07, 6.45) is 1.53. The number of nitrogens with zero attached hydrogens (tertiary/aromatic N) is 1. The summed E-state index contributed by atoms with van der Waals surface area (Å²) in [6, 6.07) is 24.6. The lowest BCUT2D eigenvalue weighted by atomic mass is 9.89. The van der Waals surface area contributed by atoms with Crippen LogP contribution in [0.3, 0.4) is 0 Å². The molecule has 0 bridgehead atoms. The molecule has 0 unspecified atom stereocenters. The number of benzene rings is 3. The molecule has 188 valence electrons. The van der Waals surface area contributed by atoms with E-state index in [2.05, 4.69) is 28.4 Å². The summed E-state index contributed by atoms with van der Waals surface area (Å²) in [5, 5.41) is 13.0. The van der Waals surface area contributed by atoms with Gasteiger partial charge in [0.05, 0.1) is 0 Å². The Morgan fingerprint density at radius 3 is 2.33 bits per heavy atom. The second kappa shape index (κ2) is 12.6. The number of likely N-dealkylation sites (tertiary alicyclic amines) is 1. The van der Waals surface area contributed by atoms with Gasteiger partial charge in [0.2, 0.25) is 0 Å². The molecular formula is C29H31ClN2O4. The number of ether oxygens (including phenoxy) is 1. The van der Waals surface area contributed by atoms with Crippen LogP contribution in [0.15, 0.2) is 78.9 Å². The minimum Gasteiger partial charge on any atom is -0.480 e. The van der Waals surface area contributed by atoms with Gasteiger partial charge in [-0.25, -0.2) is 9.59 Å². The molecule has 4 rings (SSSR count). The monoisotopic (exact) mass is 506 g/mol. The van der Waals surface area contributed by atoms with Crippen LogP contribution in [0.25, 0.3) is 11.1 Å². The Bertz CT molecular complexity index is 1150. The number of carboxylic acid groups (broad SMARTS) is 1. The molecule has 3 aromatic rings. The van der Waals surface area contributed by atoms with Gasteiger partial charge in [0, 0.05) is 11.6 Å². The zero-order valence-electron chi connectivity index (χ0n) is 20.1. The number of aliphatic carboxylic acids is 1. The van der Waals surface area contributed by atoms with E-state index in [9.17, 15) is 14.7 Å². The summed E-state index contributed by atoms with van der Waals surface area (Å²) >= 11 is 6.29. The average Bonchev–Trinajstić information content (AvgIpc) is 2.91. The van der Waals surface area contributed by atoms with Gasteiger partial charge in [0.25, 0.3) is 0 Å². The molecular weight excluding hydrogens is 476 g/mol. The van der Waals surface area contributed by atoms with Crippen molar-refractivity contribution >= 4 is 23.7 Å². The Morgan fingerprint density at radius 1 is 1.00 bits per heavy atom. The van der Waals surface area contributed by atoms with E-state index in [-0.39, 0.29) is 12.5 Å². The molecule has 36 heavy (non-hydrogen) atoms. The van der Waals surface area contributed by atoms with Crippen molar-refractivity contribution in [1.82, 2.24) is 10.2 Å².